The van der Waals surface area contributed by atoms with Crippen molar-refractivity contribution in [3.8, 4) is 0 Å². The Morgan fingerprint density at radius 3 is 2.94 bits per heavy atom. The zero-order chi connectivity index (χ0) is 13.1. The van der Waals surface area contributed by atoms with Crippen LogP contribution in [0.5, 0.6) is 0 Å². The van der Waals surface area contributed by atoms with Gasteiger partial charge in [-0.05, 0) is 26.0 Å². The molecule has 0 aromatic carbocycles. The summed E-state index contributed by atoms with van der Waals surface area (Å²) < 4.78 is 5.76. The van der Waals surface area contributed by atoms with E-state index in [1.165, 1.54) is 17.7 Å². The number of rotatable bonds is 4. The first-order chi connectivity index (χ1) is 8.58. The van der Waals surface area contributed by atoms with Crippen molar-refractivity contribution in [1.82, 2.24) is 10.3 Å². The summed E-state index contributed by atoms with van der Waals surface area (Å²) in [5, 5.41) is 2.84. The number of hydrogen-bond acceptors (Lipinski definition) is 4. The third-order valence-electron chi connectivity index (χ3n) is 2.69. The van der Waals surface area contributed by atoms with Gasteiger partial charge in [-0.25, -0.2) is 4.98 Å². The Kier molecular flexibility index (Phi) is 4.04. The summed E-state index contributed by atoms with van der Waals surface area (Å²) >= 11 is 7.27. The number of thiophene rings is 1. The van der Waals surface area contributed by atoms with E-state index in [1.54, 1.807) is 6.07 Å². The van der Waals surface area contributed by atoms with Gasteiger partial charge >= 0.3 is 0 Å². The van der Waals surface area contributed by atoms with Crippen LogP contribution in [0.2, 0.25) is 4.34 Å². The van der Waals surface area contributed by atoms with Gasteiger partial charge in [0.1, 0.15) is 11.5 Å². The standard InChI is InChI=1S/C12H13ClN2O2S/c1-7(10-3-4-11(13)18-10)12(16)14-5-9-8(2)17-6-15-9/h3-4,6-7H,5H2,1-2H3,(H,14,16)/t7-/m0/s1. The Hall–Kier alpha value is -1.33. The molecule has 96 valence electrons. The van der Waals surface area contributed by atoms with E-state index >= 15 is 0 Å². The SMILES string of the molecule is Cc1ocnc1CNC(=O)[C@@H](C)c1ccc(Cl)s1. The lowest BCUT2D eigenvalue weighted by Gasteiger charge is -2.09. The number of oxazole rings is 1. The molecule has 18 heavy (non-hydrogen) atoms. The van der Waals surface area contributed by atoms with Crippen molar-refractivity contribution >= 4 is 28.8 Å². The molecule has 1 atom stereocenters. The molecule has 2 rings (SSSR count). The average molecular weight is 285 g/mol. The Balaban J connectivity index is 1.94. The Labute approximate surface area is 114 Å². The molecule has 1 amide bonds. The van der Waals surface area contributed by atoms with Crippen LogP contribution in [0.15, 0.2) is 22.9 Å². The first-order valence-corrected chi connectivity index (χ1v) is 6.69. The number of aromatic nitrogens is 1. The predicted molar refractivity (Wildman–Crippen MR) is 70.8 cm³/mol. The zero-order valence-electron chi connectivity index (χ0n) is 10.1. The lowest BCUT2D eigenvalue weighted by Crippen LogP contribution is -2.27. The minimum absolute atomic E-state index is 0.0454. The molecule has 6 heteroatoms. The van der Waals surface area contributed by atoms with Crippen LogP contribution in [-0.2, 0) is 11.3 Å². The quantitative estimate of drug-likeness (QED) is 0.938. The number of nitrogens with one attached hydrogen (secondary N) is 1. The lowest BCUT2D eigenvalue weighted by atomic mass is 10.1. The molecule has 0 aliphatic carbocycles. The number of nitrogens with zero attached hydrogens (tertiary/aromatic N) is 1. The number of carbonyl (C=O) groups is 1. The van der Waals surface area contributed by atoms with Crippen molar-refractivity contribution in [2.24, 2.45) is 0 Å². The highest BCUT2D eigenvalue weighted by atomic mass is 35.5. The van der Waals surface area contributed by atoms with Crippen molar-refractivity contribution < 1.29 is 9.21 Å². The van der Waals surface area contributed by atoms with E-state index in [4.69, 9.17) is 16.0 Å². The van der Waals surface area contributed by atoms with Crippen molar-refractivity contribution in [3.63, 3.8) is 0 Å². The van der Waals surface area contributed by atoms with Crippen LogP contribution < -0.4 is 5.32 Å². The van der Waals surface area contributed by atoms with Gasteiger partial charge in [0.15, 0.2) is 6.39 Å². The van der Waals surface area contributed by atoms with Crippen LogP contribution in [-0.4, -0.2) is 10.9 Å². The smallest absolute Gasteiger partial charge is 0.228 e. The first-order valence-electron chi connectivity index (χ1n) is 5.50. The molecule has 1 N–H and O–H groups in total. The van der Waals surface area contributed by atoms with Gasteiger partial charge in [-0.2, -0.15) is 0 Å². The highest BCUT2D eigenvalue weighted by Gasteiger charge is 2.17. The molecule has 2 heterocycles. The van der Waals surface area contributed by atoms with Crippen LogP contribution in [0.3, 0.4) is 0 Å². The molecule has 0 unspecified atom stereocenters. The monoisotopic (exact) mass is 284 g/mol. The van der Waals surface area contributed by atoms with Crippen molar-refractivity contribution in [2.45, 2.75) is 26.3 Å². The van der Waals surface area contributed by atoms with E-state index in [0.29, 0.717) is 10.9 Å². The molecule has 0 saturated heterocycles. The molecule has 2 aromatic rings. The van der Waals surface area contributed by atoms with Gasteiger partial charge in [0.2, 0.25) is 5.91 Å². The van der Waals surface area contributed by atoms with E-state index in [-0.39, 0.29) is 11.8 Å². The maximum Gasteiger partial charge on any atom is 0.228 e. The van der Waals surface area contributed by atoms with Gasteiger partial charge < -0.3 is 9.73 Å². The summed E-state index contributed by atoms with van der Waals surface area (Å²) in [5.41, 5.74) is 0.750. The molecule has 2 aromatic heterocycles. The fourth-order valence-corrected chi connectivity index (χ4v) is 2.62. The van der Waals surface area contributed by atoms with Gasteiger partial charge in [-0.3, -0.25) is 4.79 Å². The highest BCUT2D eigenvalue weighted by Crippen LogP contribution is 2.28. The third kappa shape index (κ3) is 2.91. The first kappa shape index (κ1) is 13.1. The van der Waals surface area contributed by atoms with E-state index < -0.39 is 0 Å². The van der Waals surface area contributed by atoms with Gasteiger partial charge in [0.05, 0.1) is 16.8 Å². The average Bonchev–Trinajstić information content (AvgIpc) is 2.94. The van der Waals surface area contributed by atoms with E-state index in [1.807, 2.05) is 19.9 Å². The van der Waals surface area contributed by atoms with Gasteiger partial charge in [-0.1, -0.05) is 11.6 Å². The van der Waals surface area contributed by atoms with Crippen LogP contribution in [0, 0.1) is 6.92 Å². The number of aryl methyl sites for hydroxylation is 1. The second kappa shape index (κ2) is 5.54. The molecule has 0 saturated carbocycles. The topological polar surface area (TPSA) is 55.1 Å². The normalized spacial score (nSPS) is 12.4. The van der Waals surface area contributed by atoms with Crippen LogP contribution in [0.4, 0.5) is 0 Å². The second-order valence-electron chi connectivity index (χ2n) is 3.94. The van der Waals surface area contributed by atoms with Crippen LogP contribution >= 0.6 is 22.9 Å². The van der Waals surface area contributed by atoms with Crippen molar-refractivity contribution in [2.75, 3.05) is 0 Å². The van der Waals surface area contributed by atoms with Crippen molar-refractivity contribution in [3.05, 3.63) is 39.2 Å². The maximum atomic E-state index is 12.0. The molecule has 0 spiro atoms. The van der Waals surface area contributed by atoms with Crippen molar-refractivity contribution in [1.29, 1.82) is 0 Å². The Morgan fingerprint density at radius 2 is 2.39 bits per heavy atom. The van der Waals surface area contributed by atoms with Gasteiger partial charge in [0, 0.05) is 4.88 Å². The molecular formula is C12H13ClN2O2S. The van der Waals surface area contributed by atoms with Crippen LogP contribution in [0.25, 0.3) is 0 Å². The molecular weight excluding hydrogens is 272 g/mol. The number of halogens is 1. The molecule has 0 fully saturated rings. The number of amides is 1. The largest absolute Gasteiger partial charge is 0.448 e. The molecule has 0 bridgehead atoms. The molecule has 0 aliphatic heterocycles. The van der Waals surface area contributed by atoms with E-state index in [9.17, 15) is 4.79 Å². The second-order valence-corrected chi connectivity index (χ2v) is 5.68. The van der Waals surface area contributed by atoms with E-state index in [2.05, 4.69) is 10.3 Å². The van der Waals surface area contributed by atoms with Crippen LogP contribution in [0.1, 0.15) is 29.2 Å². The summed E-state index contributed by atoms with van der Waals surface area (Å²) in [6, 6.07) is 3.67. The summed E-state index contributed by atoms with van der Waals surface area (Å²) in [6.07, 6.45) is 1.37. The highest BCUT2D eigenvalue weighted by molar-refractivity contribution is 7.16. The summed E-state index contributed by atoms with van der Waals surface area (Å²) in [7, 11) is 0. The molecule has 0 radical (unpaired) electrons. The van der Waals surface area contributed by atoms with Gasteiger partial charge in [0.25, 0.3) is 0 Å². The fraction of sp³-hybridized carbons (Fsp3) is 0.333. The Bertz CT molecular complexity index is 550. The summed E-state index contributed by atoms with van der Waals surface area (Å²) in [5.74, 6) is 0.466. The molecule has 0 aliphatic rings. The summed E-state index contributed by atoms with van der Waals surface area (Å²) in [4.78, 5) is 16.9. The minimum Gasteiger partial charge on any atom is -0.448 e. The zero-order valence-corrected chi connectivity index (χ0v) is 11.6. The number of carbonyl (C=O) groups excluding carboxylic acids is 1. The predicted octanol–water partition coefficient (Wildman–Crippen LogP) is 3.12. The number of hydrogen-bond donors (Lipinski definition) is 1. The maximum absolute atomic E-state index is 12.0. The third-order valence-corrected chi connectivity index (χ3v) is 4.10. The fourth-order valence-electron chi connectivity index (χ4n) is 1.51. The Morgan fingerprint density at radius 1 is 1.61 bits per heavy atom. The molecule has 4 nitrogen and oxygen atoms in total. The van der Waals surface area contributed by atoms with E-state index in [0.717, 1.165) is 16.3 Å². The summed E-state index contributed by atoms with van der Waals surface area (Å²) in [6.45, 7) is 4.05. The minimum atomic E-state index is -0.213. The lowest BCUT2D eigenvalue weighted by molar-refractivity contribution is -0.122. The van der Waals surface area contributed by atoms with Gasteiger partial charge in [-0.15, -0.1) is 11.3 Å².